The first-order chi connectivity index (χ1) is 9.76. The van der Waals surface area contributed by atoms with E-state index in [0.717, 1.165) is 31.4 Å². The monoisotopic (exact) mass is 275 g/mol. The molecule has 0 saturated carbocycles. The molecule has 20 heavy (non-hydrogen) atoms. The Morgan fingerprint density at radius 2 is 2.05 bits per heavy atom. The summed E-state index contributed by atoms with van der Waals surface area (Å²) >= 11 is 0. The van der Waals surface area contributed by atoms with Gasteiger partial charge in [-0.15, -0.1) is 6.58 Å². The standard InChI is InChI=1S/C16H21NO3/c1-3-4-10-15(17-20-16(18)13-19-2)12-11-14-8-6-5-7-9-14/h3,5-9H,1,4,10-13H2,2H3/b17-15+. The van der Waals surface area contributed by atoms with Gasteiger partial charge in [-0.2, -0.15) is 0 Å². The molecule has 0 spiro atoms. The number of oxime groups is 1. The number of carbonyl (C=O) groups is 1. The zero-order chi connectivity index (χ0) is 14.6. The van der Waals surface area contributed by atoms with Crippen LogP contribution >= 0.6 is 0 Å². The van der Waals surface area contributed by atoms with Crippen molar-refractivity contribution in [2.45, 2.75) is 25.7 Å². The van der Waals surface area contributed by atoms with E-state index in [1.54, 1.807) is 0 Å². The number of rotatable bonds is 9. The summed E-state index contributed by atoms with van der Waals surface area (Å²) in [4.78, 5) is 16.0. The second-order valence-corrected chi connectivity index (χ2v) is 4.37. The second kappa shape index (κ2) is 9.92. The molecule has 0 saturated heterocycles. The number of allylic oxidation sites excluding steroid dienone is 1. The minimum atomic E-state index is -0.483. The number of nitrogens with zero attached hydrogens (tertiary/aromatic N) is 1. The van der Waals surface area contributed by atoms with Gasteiger partial charge in [-0.3, -0.25) is 0 Å². The molecular formula is C16H21NO3. The second-order valence-electron chi connectivity index (χ2n) is 4.37. The average molecular weight is 275 g/mol. The van der Waals surface area contributed by atoms with Crippen LogP contribution in [0.5, 0.6) is 0 Å². The lowest BCUT2D eigenvalue weighted by molar-refractivity contribution is -0.147. The van der Waals surface area contributed by atoms with Crippen LogP contribution in [0.3, 0.4) is 0 Å². The molecule has 0 aliphatic carbocycles. The van der Waals surface area contributed by atoms with Gasteiger partial charge in [0.1, 0.15) is 6.61 Å². The van der Waals surface area contributed by atoms with Crippen molar-refractivity contribution in [1.82, 2.24) is 0 Å². The van der Waals surface area contributed by atoms with Gasteiger partial charge >= 0.3 is 5.97 Å². The van der Waals surface area contributed by atoms with Crippen molar-refractivity contribution in [2.24, 2.45) is 5.16 Å². The van der Waals surface area contributed by atoms with Crippen LogP contribution in [-0.2, 0) is 20.8 Å². The third-order valence-corrected chi connectivity index (χ3v) is 2.72. The fourth-order valence-corrected chi connectivity index (χ4v) is 1.68. The summed E-state index contributed by atoms with van der Waals surface area (Å²) in [5, 5.41) is 3.93. The van der Waals surface area contributed by atoms with Crippen LogP contribution in [0.1, 0.15) is 24.8 Å². The Bertz CT molecular complexity index is 440. The Balaban J connectivity index is 2.52. The molecular weight excluding hydrogens is 254 g/mol. The highest BCUT2D eigenvalue weighted by molar-refractivity contribution is 5.85. The van der Waals surface area contributed by atoms with Crippen molar-refractivity contribution < 1.29 is 14.4 Å². The van der Waals surface area contributed by atoms with E-state index in [-0.39, 0.29) is 6.61 Å². The predicted molar refractivity (Wildman–Crippen MR) is 79.6 cm³/mol. The maximum atomic E-state index is 11.2. The zero-order valence-electron chi connectivity index (χ0n) is 11.9. The summed E-state index contributed by atoms with van der Waals surface area (Å²) < 4.78 is 4.69. The molecule has 0 aromatic heterocycles. The third-order valence-electron chi connectivity index (χ3n) is 2.72. The molecule has 4 heteroatoms. The van der Waals surface area contributed by atoms with Gasteiger partial charge in [0, 0.05) is 7.11 Å². The molecule has 0 fully saturated rings. The lowest BCUT2D eigenvalue weighted by Crippen LogP contribution is -2.10. The molecule has 0 heterocycles. The van der Waals surface area contributed by atoms with Gasteiger partial charge in [0.15, 0.2) is 0 Å². The number of ether oxygens (including phenoxy) is 1. The molecule has 0 amide bonds. The molecule has 108 valence electrons. The van der Waals surface area contributed by atoms with Crippen LogP contribution in [0.4, 0.5) is 0 Å². The van der Waals surface area contributed by atoms with E-state index in [1.807, 2.05) is 24.3 Å². The topological polar surface area (TPSA) is 47.9 Å². The van der Waals surface area contributed by atoms with E-state index in [0.29, 0.717) is 0 Å². The van der Waals surface area contributed by atoms with Crippen LogP contribution < -0.4 is 0 Å². The third kappa shape index (κ3) is 6.85. The molecule has 0 atom stereocenters. The molecule has 0 radical (unpaired) electrons. The molecule has 4 nitrogen and oxygen atoms in total. The maximum Gasteiger partial charge on any atom is 0.360 e. The van der Waals surface area contributed by atoms with Crippen molar-refractivity contribution in [2.75, 3.05) is 13.7 Å². The molecule has 1 aromatic carbocycles. The molecule has 0 aliphatic rings. The number of hydrogen-bond acceptors (Lipinski definition) is 4. The molecule has 0 bridgehead atoms. The van der Waals surface area contributed by atoms with Gasteiger partial charge in [-0.1, -0.05) is 41.6 Å². The zero-order valence-corrected chi connectivity index (χ0v) is 11.9. The van der Waals surface area contributed by atoms with Crippen LogP contribution in [0.15, 0.2) is 48.1 Å². The molecule has 1 aromatic rings. The normalized spacial score (nSPS) is 11.2. The average Bonchev–Trinajstić information content (AvgIpc) is 2.48. The number of hydrogen-bond donors (Lipinski definition) is 0. The van der Waals surface area contributed by atoms with Crippen LogP contribution in [0, 0.1) is 0 Å². The van der Waals surface area contributed by atoms with Gasteiger partial charge < -0.3 is 9.57 Å². The number of aryl methyl sites for hydroxylation is 1. The van der Waals surface area contributed by atoms with Crippen molar-refractivity contribution in [3.05, 3.63) is 48.6 Å². The largest absolute Gasteiger partial charge is 0.373 e. The smallest absolute Gasteiger partial charge is 0.360 e. The van der Waals surface area contributed by atoms with E-state index in [9.17, 15) is 4.79 Å². The van der Waals surface area contributed by atoms with Crippen LogP contribution in [0.2, 0.25) is 0 Å². The maximum absolute atomic E-state index is 11.2. The van der Waals surface area contributed by atoms with Crippen LogP contribution in [-0.4, -0.2) is 25.4 Å². The number of methoxy groups -OCH3 is 1. The molecule has 0 N–H and O–H groups in total. The Labute approximate surface area is 120 Å². The van der Waals surface area contributed by atoms with Crippen molar-refractivity contribution in [1.29, 1.82) is 0 Å². The molecule has 1 rings (SSSR count). The molecule has 0 unspecified atom stereocenters. The SMILES string of the molecule is C=CCC/C(CCc1ccccc1)=N\OC(=O)COC. The van der Waals surface area contributed by atoms with E-state index in [4.69, 9.17) is 4.84 Å². The summed E-state index contributed by atoms with van der Waals surface area (Å²) in [6.45, 7) is 3.61. The highest BCUT2D eigenvalue weighted by atomic mass is 16.7. The highest BCUT2D eigenvalue weighted by Gasteiger charge is 2.05. The summed E-state index contributed by atoms with van der Waals surface area (Å²) in [5.74, 6) is -0.483. The molecule has 0 aliphatic heterocycles. The van der Waals surface area contributed by atoms with Gasteiger partial charge in [-0.05, 0) is 31.2 Å². The van der Waals surface area contributed by atoms with E-state index >= 15 is 0 Å². The first-order valence-electron chi connectivity index (χ1n) is 6.65. The summed E-state index contributed by atoms with van der Waals surface area (Å²) in [7, 11) is 1.44. The van der Waals surface area contributed by atoms with Crippen molar-refractivity contribution >= 4 is 11.7 Å². The fraction of sp³-hybridized carbons (Fsp3) is 0.375. The number of benzene rings is 1. The Hall–Kier alpha value is -1.94. The minimum absolute atomic E-state index is 0.0864. The Morgan fingerprint density at radius 3 is 2.70 bits per heavy atom. The van der Waals surface area contributed by atoms with E-state index in [1.165, 1.54) is 12.7 Å². The number of carbonyl (C=O) groups excluding carboxylic acids is 1. The highest BCUT2D eigenvalue weighted by Crippen LogP contribution is 2.07. The quantitative estimate of drug-likeness (QED) is 0.301. The van der Waals surface area contributed by atoms with Crippen LogP contribution in [0.25, 0.3) is 0 Å². The van der Waals surface area contributed by atoms with Gasteiger partial charge in [0.05, 0.1) is 5.71 Å². The predicted octanol–water partition coefficient (Wildman–Crippen LogP) is 3.13. The summed E-state index contributed by atoms with van der Waals surface area (Å²) in [6, 6.07) is 10.1. The van der Waals surface area contributed by atoms with E-state index < -0.39 is 5.97 Å². The van der Waals surface area contributed by atoms with Crippen molar-refractivity contribution in [3.63, 3.8) is 0 Å². The van der Waals surface area contributed by atoms with Gasteiger partial charge in [0.25, 0.3) is 0 Å². The van der Waals surface area contributed by atoms with E-state index in [2.05, 4.69) is 28.6 Å². The summed E-state index contributed by atoms with van der Waals surface area (Å²) in [6.07, 6.45) is 5.03. The summed E-state index contributed by atoms with van der Waals surface area (Å²) in [5.41, 5.74) is 2.10. The van der Waals surface area contributed by atoms with Gasteiger partial charge in [0.2, 0.25) is 0 Å². The first-order valence-corrected chi connectivity index (χ1v) is 6.65. The van der Waals surface area contributed by atoms with Crippen molar-refractivity contribution in [3.8, 4) is 0 Å². The first kappa shape index (κ1) is 16.1. The fourth-order valence-electron chi connectivity index (χ4n) is 1.68. The Kier molecular flexibility index (Phi) is 7.99. The minimum Gasteiger partial charge on any atom is -0.373 e. The Morgan fingerprint density at radius 1 is 1.30 bits per heavy atom. The van der Waals surface area contributed by atoms with Gasteiger partial charge in [-0.25, -0.2) is 4.79 Å². The lowest BCUT2D eigenvalue weighted by Gasteiger charge is -2.05. The lowest BCUT2D eigenvalue weighted by atomic mass is 10.0.